The third-order valence-electron chi connectivity index (χ3n) is 6.08. The predicted octanol–water partition coefficient (Wildman–Crippen LogP) is 6.58. The molecule has 1 unspecified atom stereocenters. The molecule has 0 radical (unpaired) electrons. The number of aryl methyl sites for hydroxylation is 1. The van der Waals surface area contributed by atoms with Gasteiger partial charge in [0, 0.05) is 12.1 Å². The molecule has 38 heavy (non-hydrogen) atoms. The van der Waals surface area contributed by atoms with Crippen LogP contribution in [0, 0.1) is 6.92 Å². The van der Waals surface area contributed by atoms with Gasteiger partial charge in [-0.25, -0.2) is 0 Å². The van der Waals surface area contributed by atoms with Gasteiger partial charge in [-0.2, -0.15) is 0 Å². The number of ether oxygens (including phenoxy) is 2. The number of hydrogen-bond acceptors (Lipinski definition) is 5. The molecule has 1 aliphatic rings. The summed E-state index contributed by atoms with van der Waals surface area (Å²) in [6.07, 6.45) is -0.0505. The zero-order valence-electron chi connectivity index (χ0n) is 22.8. The maximum atomic E-state index is 13.4. The summed E-state index contributed by atoms with van der Waals surface area (Å²) >= 11 is 0. The lowest BCUT2D eigenvalue weighted by Crippen LogP contribution is -2.29. The number of carbonyl (C=O) groups excluding carboxylic acids is 2. The summed E-state index contributed by atoms with van der Waals surface area (Å²) in [6.45, 7) is 11.9. The Balaban J connectivity index is 1.76. The van der Waals surface area contributed by atoms with Crippen molar-refractivity contribution < 1.29 is 24.2 Å². The number of rotatable bonds is 7. The molecule has 1 N–H and O–H groups in total. The van der Waals surface area contributed by atoms with Crippen molar-refractivity contribution in [3.63, 3.8) is 0 Å². The van der Waals surface area contributed by atoms with Crippen molar-refractivity contribution in [1.82, 2.24) is 4.90 Å². The molecule has 6 heteroatoms. The summed E-state index contributed by atoms with van der Waals surface area (Å²) in [7, 11) is 0. The van der Waals surface area contributed by atoms with Gasteiger partial charge in [0.15, 0.2) is 0 Å². The number of Topliss-reactive ketones (excluding diaryl/α,β-unsaturated/α-hetero) is 1. The summed E-state index contributed by atoms with van der Waals surface area (Å²) in [6, 6.07) is 21.4. The Hall–Kier alpha value is -4.06. The Kier molecular flexibility index (Phi) is 7.63. The lowest BCUT2D eigenvalue weighted by atomic mass is 9.94. The summed E-state index contributed by atoms with van der Waals surface area (Å²) in [5, 5.41) is 11.4. The number of likely N-dealkylation sites (tertiary alicyclic amines) is 1. The maximum absolute atomic E-state index is 13.4. The molecule has 3 aromatic rings. The first-order valence-corrected chi connectivity index (χ1v) is 12.8. The Bertz CT molecular complexity index is 1370. The highest BCUT2D eigenvalue weighted by molar-refractivity contribution is 6.46. The van der Waals surface area contributed by atoms with Crippen molar-refractivity contribution in [2.75, 3.05) is 0 Å². The van der Waals surface area contributed by atoms with E-state index < -0.39 is 17.7 Å². The van der Waals surface area contributed by atoms with E-state index in [4.69, 9.17) is 9.47 Å². The van der Waals surface area contributed by atoms with Gasteiger partial charge in [0.1, 0.15) is 22.9 Å². The quantitative estimate of drug-likeness (QED) is 0.219. The van der Waals surface area contributed by atoms with Gasteiger partial charge in [0.25, 0.3) is 11.7 Å². The van der Waals surface area contributed by atoms with Crippen LogP contribution in [0.3, 0.4) is 0 Å². The minimum absolute atomic E-state index is 0.0505. The number of nitrogens with zero attached hydrogens (tertiary/aromatic N) is 1. The first-order chi connectivity index (χ1) is 17.9. The number of aliphatic hydroxyl groups is 1. The number of carbonyl (C=O) groups is 2. The molecule has 1 amide bonds. The second-order valence-electron chi connectivity index (χ2n) is 10.9. The topological polar surface area (TPSA) is 76.1 Å². The fraction of sp³-hybridized carbons (Fsp3) is 0.312. The maximum Gasteiger partial charge on any atom is 0.295 e. The zero-order valence-corrected chi connectivity index (χ0v) is 22.8. The van der Waals surface area contributed by atoms with Gasteiger partial charge in [-0.05, 0) is 76.9 Å². The molecular formula is C32H35NO5. The van der Waals surface area contributed by atoms with E-state index in [1.165, 1.54) is 4.90 Å². The summed E-state index contributed by atoms with van der Waals surface area (Å²) in [4.78, 5) is 28.3. The van der Waals surface area contributed by atoms with E-state index in [0.29, 0.717) is 11.3 Å². The first kappa shape index (κ1) is 27.0. The van der Waals surface area contributed by atoms with Gasteiger partial charge in [0.05, 0.1) is 17.7 Å². The molecule has 0 bridgehead atoms. The molecule has 1 atom stereocenters. The fourth-order valence-corrected chi connectivity index (χ4v) is 4.59. The monoisotopic (exact) mass is 513 g/mol. The first-order valence-electron chi connectivity index (χ1n) is 12.8. The van der Waals surface area contributed by atoms with Crippen molar-refractivity contribution in [3.8, 4) is 11.5 Å². The number of ketones is 1. The van der Waals surface area contributed by atoms with Gasteiger partial charge in [-0.1, -0.05) is 54.1 Å². The highest BCUT2D eigenvalue weighted by Gasteiger charge is 2.46. The summed E-state index contributed by atoms with van der Waals surface area (Å²) in [5.74, 6) is -0.287. The van der Waals surface area contributed by atoms with Gasteiger partial charge in [-0.3, -0.25) is 9.59 Å². The third-order valence-corrected chi connectivity index (χ3v) is 6.08. The van der Waals surface area contributed by atoms with E-state index in [1.54, 1.807) is 24.3 Å². The molecule has 0 spiro atoms. The van der Waals surface area contributed by atoms with Crippen LogP contribution >= 0.6 is 0 Å². The van der Waals surface area contributed by atoms with Crippen LogP contribution in [0.4, 0.5) is 0 Å². The third kappa shape index (κ3) is 6.08. The minimum atomic E-state index is -0.741. The second kappa shape index (κ2) is 10.7. The molecule has 0 saturated carbocycles. The molecule has 0 aliphatic carbocycles. The van der Waals surface area contributed by atoms with Crippen LogP contribution in [0.25, 0.3) is 5.76 Å². The number of hydrogen-bond donors (Lipinski definition) is 1. The SMILES string of the molecule is Cc1cccc(C2/C(=C(/O)c3cccc(OC(C)C)c3)C(=O)C(=O)N2Cc2ccc(OC(C)(C)C)cc2)c1. The average Bonchev–Trinajstić information content (AvgIpc) is 3.08. The van der Waals surface area contributed by atoms with Gasteiger partial charge >= 0.3 is 0 Å². The molecule has 1 heterocycles. The van der Waals surface area contributed by atoms with Gasteiger partial charge in [0.2, 0.25) is 0 Å². The van der Waals surface area contributed by atoms with E-state index in [9.17, 15) is 14.7 Å². The molecule has 3 aromatic carbocycles. The van der Waals surface area contributed by atoms with E-state index in [2.05, 4.69) is 0 Å². The molecule has 0 aromatic heterocycles. The van der Waals surface area contributed by atoms with Crippen LogP contribution < -0.4 is 9.47 Å². The smallest absolute Gasteiger partial charge is 0.295 e. The van der Waals surface area contributed by atoms with Crippen LogP contribution in [0.5, 0.6) is 11.5 Å². The van der Waals surface area contributed by atoms with Crippen LogP contribution in [-0.4, -0.2) is 33.4 Å². The summed E-state index contributed by atoms with van der Waals surface area (Å²) in [5.41, 5.74) is 2.75. The van der Waals surface area contributed by atoms with Crippen molar-refractivity contribution in [1.29, 1.82) is 0 Å². The molecule has 1 saturated heterocycles. The van der Waals surface area contributed by atoms with Crippen LogP contribution in [0.2, 0.25) is 0 Å². The number of amides is 1. The van der Waals surface area contributed by atoms with Crippen molar-refractivity contribution in [3.05, 3.63) is 101 Å². The van der Waals surface area contributed by atoms with Crippen molar-refractivity contribution in [2.45, 2.75) is 65.8 Å². The lowest BCUT2D eigenvalue weighted by molar-refractivity contribution is -0.140. The predicted molar refractivity (Wildman–Crippen MR) is 148 cm³/mol. The lowest BCUT2D eigenvalue weighted by Gasteiger charge is -2.26. The van der Waals surface area contributed by atoms with Crippen molar-refractivity contribution >= 4 is 17.4 Å². The average molecular weight is 514 g/mol. The number of aliphatic hydroxyl groups excluding tert-OH is 1. The van der Waals surface area contributed by atoms with E-state index >= 15 is 0 Å². The Morgan fingerprint density at radius 2 is 1.63 bits per heavy atom. The highest BCUT2D eigenvalue weighted by Crippen LogP contribution is 2.41. The van der Waals surface area contributed by atoms with E-state index in [-0.39, 0.29) is 29.6 Å². The van der Waals surface area contributed by atoms with Crippen LogP contribution in [0.1, 0.15) is 62.9 Å². The molecule has 6 nitrogen and oxygen atoms in total. The molecule has 198 valence electrons. The van der Waals surface area contributed by atoms with Gasteiger partial charge < -0.3 is 19.5 Å². The molecule has 4 rings (SSSR count). The molecule has 1 fully saturated rings. The van der Waals surface area contributed by atoms with Gasteiger partial charge in [-0.15, -0.1) is 0 Å². The van der Waals surface area contributed by atoms with Crippen LogP contribution in [0.15, 0.2) is 78.4 Å². The minimum Gasteiger partial charge on any atom is -0.507 e. The van der Waals surface area contributed by atoms with E-state index in [1.807, 2.05) is 90.1 Å². The molecular weight excluding hydrogens is 478 g/mol. The van der Waals surface area contributed by atoms with Crippen LogP contribution in [-0.2, 0) is 16.1 Å². The summed E-state index contributed by atoms with van der Waals surface area (Å²) < 4.78 is 11.7. The fourth-order valence-electron chi connectivity index (χ4n) is 4.59. The zero-order chi connectivity index (χ0) is 27.6. The largest absolute Gasteiger partial charge is 0.507 e. The Morgan fingerprint density at radius 3 is 2.26 bits per heavy atom. The number of benzene rings is 3. The Morgan fingerprint density at radius 1 is 0.947 bits per heavy atom. The Labute approximate surface area is 224 Å². The van der Waals surface area contributed by atoms with Crippen molar-refractivity contribution in [2.24, 2.45) is 0 Å². The van der Waals surface area contributed by atoms with E-state index in [0.717, 1.165) is 22.4 Å². The second-order valence-corrected chi connectivity index (χ2v) is 10.9. The normalized spacial score (nSPS) is 17.2. The molecule has 1 aliphatic heterocycles. The highest BCUT2D eigenvalue weighted by atomic mass is 16.5. The standard InChI is InChI=1S/C32H35NO5/c1-20(2)37-26-12-8-11-24(18-26)29(34)27-28(23-10-7-9-21(3)17-23)33(31(36)30(27)35)19-22-13-15-25(16-14-22)38-32(4,5)6/h7-18,20,28,34H,19H2,1-6H3/b29-27-.